The molecule has 2 heteroatoms. The zero-order chi connectivity index (χ0) is 13.7. The van der Waals surface area contributed by atoms with Gasteiger partial charge in [0.1, 0.15) is 5.76 Å². The molecule has 1 aromatic rings. The summed E-state index contributed by atoms with van der Waals surface area (Å²) in [5.41, 5.74) is 3.75. The number of rotatable bonds is 3. The van der Waals surface area contributed by atoms with Crippen molar-refractivity contribution in [2.75, 3.05) is 0 Å². The van der Waals surface area contributed by atoms with E-state index in [0.717, 1.165) is 25.0 Å². The van der Waals surface area contributed by atoms with Gasteiger partial charge in [0.25, 0.3) is 0 Å². The van der Waals surface area contributed by atoms with E-state index in [2.05, 4.69) is 24.8 Å². The summed E-state index contributed by atoms with van der Waals surface area (Å²) < 4.78 is 5.41. The molecule has 0 fully saturated rings. The van der Waals surface area contributed by atoms with Gasteiger partial charge in [0.2, 0.25) is 0 Å². The molecule has 0 heterocycles. The Labute approximate surface area is 114 Å². The molecule has 0 saturated carbocycles. The molecule has 0 saturated heterocycles. The summed E-state index contributed by atoms with van der Waals surface area (Å²) in [6.45, 7) is 5.21. The molecular formula is C17H20O2. The molecule has 2 rings (SSSR count). The molecule has 0 radical (unpaired) electrons. The summed E-state index contributed by atoms with van der Waals surface area (Å²) in [5, 5.41) is 0. The van der Waals surface area contributed by atoms with Gasteiger partial charge in [-0.1, -0.05) is 30.3 Å². The van der Waals surface area contributed by atoms with E-state index in [1.807, 2.05) is 6.07 Å². The fourth-order valence-electron chi connectivity index (χ4n) is 2.61. The van der Waals surface area contributed by atoms with Crippen molar-refractivity contribution in [2.45, 2.75) is 39.0 Å². The largest absolute Gasteiger partial charge is 0.431 e. The van der Waals surface area contributed by atoms with Crippen molar-refractivity contribution in [3.05, 3.63) is 53.8 Å². The Balaban J connectivity index is 2.50. The lowest BCUT2D eigenvalue weighted by molar-refractivity contribution is -0.136. The van der Waals surface area contributed by atoms with Crippen LogP contribution < -0.4 is 0 Å². The molecule has 1 aromatic carbocycles. The SMILES string of the molecule is C=CC/C(OC(C)=O)=C1\CCCCc2ccccc21. The van der Waals surface area contributed by atoms with E-state index in [1.165, 1.54) is 30.0 Å². The van der Waals surface area contributed by atoms with Crippen molar-refractivity contribution in [1.29, 1.82) is 0 Å². The third-order valence-corrected chi connectivity index (χ3v) is 3.40. The number of esters is 1. The molecule has 0 unspecified atom stereocenters. The minimum atomic E-state index is -0.258. The van der Waals surface area contributed by atoms with Crippen LogP contribution in [-0.4, -0.2) is 5.97 Å². The second-order valence-electron chi connectivity index (χ2n) is 4.85. The van der Waals surface area contributed by atoms with Crippen molar-refractivity contribution in [3.63, 3.8) is 0 Å². The molecule has 1 aliphatic rings. The van der Waals surface area contributed by atoms with Crippen LogP contribution in [0.5, 0.6) is 0 Å². The van der Waals surface area contributed by atoms with Crippen LogP contribution in [-0.2, 0) is 16.0 Å². The number of aryl methyl sites for hydroxylation is 1. The predicted molar refractivity (Wildman–Crippen MR) is 77.5 cm³/mol. The second kappa shape index (κ2) is 6.37. The molecule has 0 aromatic heterocycles. The number of hydrogen-bond acceptors (Lipinski definition) is 2. The molecule has 100 valence electrons. The lowest BCUT2D eigenvalue weighted by Crippen LogP contribution is -2.02. The summed E-state index contributed by atoms with van der Waals surface area (Å²) in [5.74, 6) is 0.503. The minimum Gasteiger partial charge on any atom is -0.431 e. The average molecular weight is 256 g/mol. The van der Waals surface area contributed by atoms with E-state index >= 15 is 0 Å². The van der Waals surface area contributed by atoms with Crippen molar-refractivity contribution < 1.29 is 9.53 Å². The molecule has 0 spiro atoms. The van der Waals surface area contributed by atoms with Crippen LogP contribution >= 0.6 is 0 Å². The zero-order valence-corrected chi connectivity index (χ0v) is 11.4. The first-order valence-corrected chi connectivity index (χ1v) is 6.82. The third kappa shape index (κ3) is 3.34. The first-order valence-electron chi connectivity index (χ1n) is 6.82. The molecule has 19 heavy (non-hydrogen) atoms. The summed E-state index contributed by atoms with van der Waals surface area (Å²) in [6.07, 6.45) is 6.77. The molecule has 0 aliphatic heterocycles. The highest BCUT2D eigenvalue weighted by Gasteiger charge is 2.17. The highest BCUT2D eigenvalue weighted by Crippen LogP contribution is 2.33. The Bertz CT molecular complexity index is 512. The number of ether oxygens (including phenoxy) is 1. The maximum Gasteiger partial charge on any atom is 0.307 e. The number of carbonyl (C=O) groups excluding carboxylic acids is 1. The van der Waals surface area contributed by atoms with Gasteiger partial charge in [0.15, 0.2) is 0 Å². The van der Waals surface area contributed by atoms with E-state index in [4.69, 9.17) is 4.74 Å². The van der Waals surface area contributed by atoms with Gasteiger partial charge in [-0.05, 0) is 42.4 Å². The van der Waals surface area contributed by atoms with E-state index < -0.39 is 0 Å². The first-order chi connectivity index (χ1) is 9.22. The summed E-state index contributed by atoms with van der Waals surface area (Å²) in [4.78, 5) is 11.3. The maximum atomic E-state index is 11.3. The summed E-state index contributed by atoms with van der Waals surface area (Å²) >= 11 is 0. The number of allylic oxidation sites excluding steroid dienone is 2. The number of hydrogen-bond donors (Lipinski definition) is 0. The second-order valence-corrected chi connectivity index (χ2v) is 4.85. The van der Waals surface area contributed by atoms with Crippen LogP contribution in [0.1, 0.15) is 43.7 Å². The van der Waals surface area contributed by atoms with Gasteiger partial charge in [-0.25, -0.2) is 0 Å². The van der Waals surface area contributed by atoms with E-state index in [0.29, 0.717) is 6.42 Å². The van der Waals surface area contributed by atoms with Gasteiger partial charge >= 0.3 is 5.97 Å². The quantitative estimate of drug-likeness (QED) is 0.349. The first kappa shape index (κ1) is 13.6. The monoisotopic (exact) mass is 256 g/mol. The van der Waals surface area contributed by atoms with Gasteiger partial charge in [0, 0.05) is 13.3 Å². The van der Waals surface area contributed by atoms with Crippen LogP contribution in [0.25, 0.3) is 5.57 Å². The van der Waals surface area contributed by atoms with Gasteiger partial charge in [0.05, 0.1) is 0 Å². The minimum absolute atomic E-state index is 0.258. The lowest BCUT2D eigenvalue weighted by Gasteiger charge is -2.14. The third-order valence-electron chi connectivity index (χ3n) is 3.40. The number of fused-ring (bicyclic) bond motifs is 1. The zero-order valence-electron chi connectivity index (χ0n) is 11.4. The summed E-state index contributed by atoms with van der Waals surface area (Å²) in [7, 11) is 0. The van der Waals surface area contributed by atoms with Crippen molar-refractivity contribution in [3.8, 4) is 0 Å². The van der Waals surface area contributed by atoms with Crippen molar-refractivity contribution in [2.24, 2.45) is 0 Å². The number of benzene rings is 1. The van der Waals surface area contributed by atoms with Crippen LogP contribution in [0.4, 0.5) is 0 Å². The summed E-state index contributed by atoms with van der Waals surface area (Å²) in [6, 6.07) is 8.41. The van der Waals surface area contributed by atoms with E-state index in [9.17, 15) is 4.79 Å². The highest BCUT2D eigenvalue weighted by atomic mass is 16.5. The Hall–Kier alpha value is -1.83. The molecule has 0 atom stereocenters. The molecule has 1 aliphatic carbocycles. The Kier molecular flexibility index (Phi) is 4.56. The molecular weight excluding hydrogens is 236 g/mol. The average Bonchev–Trinajstić information content (AvgIpc) is 2.60. The smallest absolute Gasteiger partial charge is 0.307 e. The molecule has 0 N–H and O–H groups in total. The fraction of sp³-hybridized carbons (Fsp3) is 0.353. The fourth-order valence-corrected chi connectivity index (χ4v) is 2.61. The standard InChI is InChI=1S/C17H20O2/c1-3-8-17(19-13(2)18)16-12-7-5-10-14-9-4-6-11-15(14)16/h3-4,6,9,11H,1,5,7-8,10,12H2,2H3/b17-16-. The normalized spacial score (nSPS) is 17.1. The predicted octanol–water partition coefficient (Wildman–Crippen LogP) is 4.26. The molecule has 0 amide bonds. The van der Waals surface area contributed by atoms with Gasteiger partial charge in [-0.2, -0.15) is 0 Å². The molecule has 0 bridgehead atoms. The maximum absolute atomic E-state index is 11.3. The van der Waals surface area contributed by atoms with Gasteiger partial charge in [-0.15, -0.1) is 6.58 Å². The van der Waals surface area contributed by atoms with Gasteiger partial charge < -0.3 is 4.74 Å². The highest BCUT2D eigenvalue weighted by molar-refractivity contribution is 5.75. The van der Waals surface area contributed by atoms with Crippen molar-refractivity contribution in [1.82, 2.24) is 0 Å². The van der Waals surface area contributed by atoms with Crippen LogP contribution in [0.2, 0.25) is 0 Å². The van der Waals surface area contributed by atoms with Gasteiger partial charge in [-0.3, -0.25) is 4.79 Å². The molecule has 2 nitrogen and oxygen atoms in total. The Morgan fingerprint density at radius 2 is 2.05 bits per heavy atom. The van der Waals surface area contributed by atoms with Crippen LogP contribution in [0.15, 0.2) is 42.7 Å². The van der Waals surface area contributed by atoms with Crippen LogP contribution in [0.3, 0.4) is 0 Å². The Morgan fingerprint density at radius 1 is 1.32 bits per heavy atom. The van der Waals surface area contributed by atoms with Crippen molar-refractivity contribution >= 4 is 11.5 Å². The van der Waals surface area contributed by atoms with E-state index in [1.54, 1.807) is 6.08 Å². The van der Waals surface area contributed by atoms with Crippen LogP contribution in [0, 0.1) is 0 Å². The number of carbonyl (C=O) groups is 1. The lowest BCUT2D eigenvalue weighted by atomic mass is 9.96. The topological polar surface area (TPSA) is 26.3 Å². The Morgan fingerprint density at radius 3 is 2.79 bits per heavy atom. The van der Waals surface area contributed by atoms with E-state index in [-0.39, 0.29) is 5.97 Å².